The van der Waals surface area contributed by atoms with Gasteiger partial charge in [-0.3, -0.25) is 0 Å². The van der Waals surface area contributed by atoms with Gasteiger partial charge in [0.1, 0.15) is 5.82 Å². The minimum absolute atomic E-state index is 0.0460. The van der Waals surface area contributed by atoms with Crippen molar-refractivity contribution in [3.63, 3.8) is 0 Å². The quantitative estimate of drug-likeness (QED) is 0.389. The van der Waals surface area contributed by atoms with Gasteiger partial charge in [0.05, 0.1) is 5.56 Å². The smallest absolute Gasteiger partial charge is 0.173 e. The summed E-state index contributed by atoms with van der Waals surface area (Å²) in [6.07, 6.45) is 1.68. The number of nitrogens with zero attached hydrogens (tertiary/aromatic N) is 3. The third kappa shape index (κ3) is 2.56. The summed E-state index contributed by atoms with van der Waals surface area (Å²) >= 11 is 0. The van der Waals surface area contributed by atoms with Gasteiger partial charge < -0.3 is 15.8 Å². The molecule has 0 amide bonds. The van der Waals surface area contributed by atoms with Crippen molar-refractivity contribution in [2.75, 3.05) is 11.9 Å². The molecule has 0 saturated carbocycles. The van der Waals surface area contributed by atoms with Crippen LogP contribution in [0.5, 0.6) is 0 Å². The molecule has 0 spiro atoms. The number of nitrogens with two attached hydrogens (primary N) is 1. The van der Waals surface area contributed by atoms with Crippen molar-refractivity contribution >= 4 is 17.3 Å². The summed E-state index contributed by atoms with van der Waals surface area (Å²) in [7, 11) is 1.91. The molecule has 5 heteroatoms. The van der Waals surface area contributed by atoms with Crippen LogP contribution >= 0.6 is 0 Å². The molecular formula is C15H18N4O. The normalized spacial score (nSPS) is 11.4. The molecule has 1 aromatic carbocycles. The minimum Gasteiger partial charge on any atom is -0.409 e. The van der Waals surface area contributed by atoms with Gasteiger partial charge >= 0.3 is 0 Å². The lowest BCUT2D eigenvalue weighted by atomic mass is 10.1. The van der Waals surface area contributed by atoms with Crippen LogP contribution in [0, 0.1) is 13.8 Å². The van der Waals surface area contributed by atoms with E-state index in [2.05, 4.69) is 23.1 Å². The van der Waals surface area contributed by atoms with E-state index in [0.29, 0.717) is 11.4 Å². The first kappa shape index (κ1) is 13.9. The molecule has 0 saturated heterocycles. The molecule has 0 aliphatic carbocycles. The Kier molecular flexibility index (Phi) is 3.89. The fraction of sp³-hybridized carbons (Fsp3) is 0.200. The van der Waals surface area contributed by atoms with E-state index in [1.54, 1.807) is 18.3 Å². The highest BCUT2D eigenvalue weighted by Gasteiger charge is 2.14. The third-order valence-corrected chi connectivity index (χ3v) is 3.20. The van der Waals surface area contributed by atoms with Crippen LogP contribution in [0.2, 0.25) is 0 Å². The number of amidine groups is 1. The van der Waals surface area contributed by atoms with E-state index in [1.807, 2.05) is 31.0 Å². The van der Waals surface area contributed by atoms with Crippen molar-refractivity contribution in [1.29, 1.82) is 0 Å². The highest BCUT2D eigenvalue weighted by Crippen LogP contribution is 2.28. The summed E-state index contributed by atoms with van der Waals surface area (Å²) in [5, 5.41) is 11.9. The van der Waals surface area contributed by atoms with Crippen LogP contribution < -0.4 is 10.6 Å². The second kappa shape index (κ2) is 5.61. The number of anilines is 2. The number of hydrogen-bond donors (Lipinski definition) is 2. The predicted octanol–water partition coefficient (Wildman–Crippen LogP) is 2.56. The van der Waals surface area contributed by atoms with Crippen LogP contribution in [-0.4, -0.2) is 23.1 Å². The maximum atomic E-state index is 8.87. The molecular weight excluding hydrogens is 252 g/mol. The Balaban J connectivity index is 2.51. The Morgan fingerprint density at radius 2 is 2.05 bits per heavy atom. The summed E-state index contributed by atoms with van der Waals surface area (Å²) < 4.78 is 0. The van der Waals surface area contributed by atoms with Gasteiger partial charge in [-0.05, 0) is 37.6 Å². The van der Waals surface area contributed by atoms with Crippen molar-refractivity contribution in [2.24, 2.45) is 10.9 Å². The maximum Gasteiger partial charge on any atom is 0.173 e. The van der Waals surface area contributed by atoms with E-state index in [9.17, 15) is 0 Å². The van der Waals surface area contributed by atoms with Crippen molar-refractivity contribution in [2.45, 2.75) is 13.8 Å². The molecule has 104 valence electrons. The Hall–Kier alpha value is -2.56. The molecule has 2 rings (SSSR count). The molecule has 0 aliphatic heterocycles. The molecule has 0 atom stereocenters. The number of benzene rings is 1. The van der Waals surface area contributed by atoms with Gasteiger partial charge in [-0.1, -0.05) is 22.9 Å². The molecule has 20 heavy (non-hydrogen) atoms. The second-order valence-corrected chi connectivity index (χ2v) is 4.71. The summed E-state index contributed by atoms with van der Waals surface area (Å²) in [5.41, 5.74) is 9.68. The zero-order valence-corrected chi connectivity index (χ0v) is 11.8. The van der Waals surface area contributed by atoms with E-state index in [1.165, 1.54) is 5.56 Å². The molecule has 0 fully saturated rings. The van der Waals surface area contributed by atoms with Crippen LogP contribution in [0.15, 0.2) is 41.7 Å². The molecule has 0 bridgehead atoms. The van der Waals surface area contributed by atoms with Crippen LogP contribution in [0.1, 0.15) is 16.7 Å². The monoisotopic (exact) mass is 270 g/mol. The standard InChI is InChI=1S/C15H18N4O/c1-10-6-7-13(11(2)9-10)19(3)15-12(14(16)18-20)5-4-8-17-15/h4-9,20H,1-3H3,(H2,16,18). The molecule has 0 aliphatic rings. The number of rotatable bonds is 3. The first-order valence-electron chi connectivity index (χ1n) is 6.28. The molecule has 5 nitrogen and oxygen atoms in total. The largest absolute Gasteiger partial charge is 0.409 e. The van der Waals surface area contributed by atoms with E-state index >= 15 is 0 Å². The highest BCUT2D eigenvalue weighted by atomic mass is 16.4. The first-order chi connectivity index (χ1) is 9.54. The van der Waals surface area contributed by atoms with Crippen molar-refractivity contribution in [3.05, 3.63) is 53.2 Å². The van der Waals surface area contributed by atoms with Crippen LogP contribution in [0.25, 0.3) is 0 Å². The highest BCUT2D eigenvalue weighted by molar-refractivity contribution is 6.02. The van der Waals surface area contributed by atoms with Crippen molar-refractivity contribution < 1.29 is 5.21 Å². The third-order valence-electron chi connectivity index (χ3n) is 3.20. The fourth-order valence-corrected chi connectivity index (χ4v) is 2.21. The molecule has 1 heterocycles. The lowest BCUT2D eigenvalue weighted by molar-refractivity contribution is 0.318. The van der Waals surface area contributed by atoms with E-state index in [-0.39, 0.29) is 5.84 Å². The number of aryl methyl sites for hydroxylation is 2. The maximum absolute atomic E-state index is 8.87. The van der Waals surface area contributed by atoms with E-state index in [0.717, 1.165) is 11.3 Å². The molecule has 1 aromatic heterocycles. The second-order valence-electron chi connectivity index (χ2n) is 4.71. The van der Waals surface area contributed by atoms with Crippen molar-refractivity contribution in [1.82, 2.24) is 4.98 Å². The Morgan fingerprint density at radius 1 is 1.30 bits per heavy atom. The number of oxime groups is 1. The van der Waals surface area contributed by atoms with Crippen LogP contribution in [0.3, 0.4) is 0 Å². The van der Waals surface area contributed by atoms with Crippen molar-refractivity contribution in [3.8, 4) is 0 Å². The summed E-state index contributed by atoms with van der Waals surface area (Å²) in [6, 6.07) is 9.72. The Bertz CT molecular complexity index is 652. The lowest BCUT2D eigenvalue weighted by Crippen LogP contribution is -2.21. The zero-order chi connectivity index (χ0) is 14.7. The first-order valence-corrected chi connectivity index (χ1v) is 6.28. The zero-order valence-electron chi connectivity index (χ0n) is 11.8. The van der Waals surface area contributed by atoms with Gasteiger partial charge in [0.25, 0.3) is 0 Å². The number of hydrogen-bond acceptors (Lipinski definition) is 4. The minimum atomic E-state index is 0.0460. The topological polar surface area (TPSA) is 74.7 Å². The van der Waals surface area contributed by atoms with Crippen LogP contribution in [0.4, 0.5) is 11.5 Å². The van der Waals surface area contributed by atoms with E-state index < -0.39 is 0 Å². The molecule has 0 unspecified atom stereocenters. The SMILES string of the molecule is Cc1ccc(N(C)c2ncccc2C(N)=NO)c(C)c1. The Labute approximate surface area is 118 Å². The van der Waals surface area contributed by atoms with Crippen LogP contribution in [-0.2, 0) is 0 Å². The van der Waals surface area contributed by atoms with Gasteiger partial charge in [-0.2, -0.15) is 0 Å². The number of aromatic nitrogens is 1. The fourth-order valence-electron chi connectivity index (χ4n) is 2.21. The molecule has 2 aromatic rings. The van der Waals surface area contributed by atoms with Gasteiger partial charge in [0.15, 0.2) is 5.84 Å². The van der Waals surface area contributed by atoms with E-state index in [4.69, 9.17) is 10.9 Å². The molecule has 3 N–H and O–H groups in total. The lowest BCUT2D eigenvalue weighted by Gasteiger charge is -2.22. The van der Waals surface area contributed by atoms with Gasteiger partial charge in [0, 0.05) is 18.9 Å². The summed E-state index contributed by atoms with van der Waals surface area (Å²) in [6.45, 7) is 4.10. The van der Waals surface area contributed by atoms with Gasteiger partial charge in [-0.15, -0.1) is 0 Å². The van der Waals surface area contributed by atoms with Gasteiger partial charge in [-0.25, -0.2) is 4.98 Å². The van der Waals surface area contributed by atoms with Gasteiger partial charge in [0.2, 0.25) is 0 Å². The Morgan fingerprint density at radius 3 is 2.70 bits per heavy atom. The average Bonchev–Trinajstić information content (AvgIpc) is 2.46. The molecule has 0 radical (unpaired) electrons. The predicted molar refractivity (Wildman–Crippen MR) is 80.7 cm³/mol. The number of pyridine rings is 1. The summed E-state index contributed by atoms with van der Waals surface area (Å²) in [5.74, 6) is 0.694. The summed E-state index contributed by atoms with van der Waals surface area (Å²) in [4.78, 5) is 6.27. The average molecular weight is 270 g/mol.